The van der Waals surface area contributed by atoms with Crippen LogP contribution in [0.4, 0.5) is 5.69 Å². The van der Waals surface area contributed by atoms with E-state index >= 15 is 0 Å². The molecule has 26 heavy (non-hydrogen) atoms. The molecule has 0 spiro atoms. The van der Waals surface area contributed by atoms with Gasteiger partial charge in [-0.2, -0.15) is 0 Å². The van der Waals surface area contributed by atoms with E-state index in [4.69, 9.17) is 10.5 Å². The lowest BCUT2D eigenvalue weighted by molar-refractivity contribution is -0.128. The molecule has 1 aromatic carbocycles. The van der Waals surface area contributed by atoms with Crippen molar-refractivity contribution < 1.29 is 19.4 Å². The van der Waals surface area contributed by atoms with Crippen molar-refractivity contribution in [1.29, 1.82) is 0 Å². The van der Waals surface area contributed by atoms with Gasteiger partial charge >= 0.3 is 5.97 Å². The lowest BCUT2D eigenvalue weighted by atomic mass is 9.86. The maximum absolute atomic E-state index is 12.4. The Morgan fingerprint density at radius 3 is 2.62 bits per heavy atom. The topological polar surface area (TPSA) is 103 Å². The first kappa shape index (κ1) is 19.7. The monoisotopic (exact) mass is 358 g/mol. The molecule has 0 saturated carbocycles. The fourth-order valence-electron chi connectivity index (χ4n) is 2.84. The van der Waals surface area contributed by atoms with Crippen molar-refractivity contribution >= 4 is 28.3 Å². The zero-order valence-corrected chi connectivity index (χ0v) is 15.8. The highest BCUT2D eigenvalue weighted by Gasteiger charge is 2.28. The van der Waals surface area contributed by atoms with Crippen LogP contribution in [0.2, 0.25) is 0 Å². The van der Waals surface area contributed by atoms with Gasteiger partial charge in [-0.15, -0.1) is 0 Å². The van der Waals surface area contributed by atoms with Gasteiger partial charge in [0.15, 0.2) is 0 Å². The summed E-state index contributed by atoms with van der Waals surface area (Å²) in [6.07, 6.45) is 2.34. The maximum Gasteiger partial charge on any atom is 0.339 e. The van der Waals surface area contributed by atoms with Crippen LogP contribution in [-0.2, 0) is 4.79 Å². The first-order valence-corrected chi connectivity index (χ1v) is 8.77. The van der Waals surface area contributed by atoms with E-state index in [0.29, 0.717) is 28.8 Å². The van der Waals surface area contributed by atoms with Gasteiger partial charge in [-0.05, 0) is 39.3 Å². The third kappa shape index (κ3) is 3.95. The third-order valence-corrected chi connectivity index (χ3v) is 4.51. The summed E-state index contributed by atoms with van der Waals surface area (Å²) in [6, 6.07) is 5.25. The molecule has 1 aromatic heterocycles. The summed E-state index contributed by atoms with van der Waals surface area (Å²) >= 11 is 0. The number of anilines is 1. The number of pyridine rings is 1. The number of benzene rings is 1. The standard InChI is InChI=1S/C20H26N2O4/c1-5-6-10-15(23)20(3,4)11-26-14-9-7-8-13-17(14)18(21)16(19(24)25)12(2)22-13/h7-9H,5-6,10-11H2,1-4H3,(H2,21,22)(H,24,25). The molecule has 0 radical (unpaired) electrons. The summed E-state index contributed by atoms with van der Waals surface area (Å²) in [7, 11) is 0. The molecule has 2 aromatic rings. The van der Waals surface area contributed by atoms with Crippen molar-refractivity contribution in [2.75, 3.05) is 12.3 Å². The number of aromatic carboxylic acids is 1. The minimum atomic E-state index is -1.13. The molecule has 3 N–H and O–H groups in total. The molecule has 0 aliphatic heterocycles. The SMILES string of the molecule is CCCCC(=O)C(C)(C)COc1cccc2nc(C)c(C(=O)O)c(N)c12. The zero-order valence-electron chi connectivity index (χ0n) is 15.8. The summed E-state index contributed by atoms with van der Waals surface area (Å²) in [5, 5.41) is 9.87. The van der Waals surface area contributed by atoms with E-state index in [1.807, 2.05) is 20.8 Å². The Kier molecular flexibility index (Phi) is 5.85. The number of carboxylic acids is 1. The van der Waals surface area contributed by atoms with E-state index in [9.17, 15) is 14.7 Å². The van der Waals surface area contributed by atoms with Gasteiger partial charge in [0.25, 0.3) is 0 Å². The van der Waals surface area contributed by atoms with E-state index < -0.39 is 11.4 Å². The van der Waals surface area contributed by atoms with Crippen molar-refractivity contribution in [3.05, 3.63) is 29.5 Å². The van der Waals surface area contributed by atoms with Gasteiger partial charge in [-0.1, -0.05) is 19.4 Å². The molecule has 0 amide bonds. The van der Waals surface area contributed by atoms with Crippen molar-refractivity contribution in [3.8, 4) is 5.75 Å². The predicted octanol–water partition coefficient (Wildman–Crippen LogP) is 3.99. The van der Waals surface area contributed by atoms with Crippen LogP contribution >= 0.6 is 0 Å². The Morgan fingerprint density at radius 1 is 1.31 bits per heavy atom. The number of nitrogens with two attached hydrogens (primary N) is 1. The highest BCUT2D eigenvalue weighted by atomic mass is 16.5. The number of fused-ring (bicyclic) bond motifs is 1. The number of Topliss-reactive ketones (excluding diaryl/α,β-unsaturated/α-hetero) is 1. The molecule has 0 bridgehead atoms. The van der Waals surface area contributed by atoms with Crippen LogP contribution in [0.3, 0.4) is 0 Å². The number of aromatic nitrogens is 1. The molecular weight excluding hydrogens is 332 g/mol. The number of nitrogen functional groups attached to an aromatic ring is 1. The minimum Gasteiger partial charge on any atom is -0.492 e. The largest absolute Gasteiger partial charge is 0.492 e. The van der Waals surface area contributed by atoms with Gasteiger partial charge in [0.05, 0.1) is 27.7 Å². The predicted molar refractivity (Wildman–Crippen MR) is 102 cm³/mol. The Bertz CT molecular complexity index is 843. The zero-order chi connectivity index (χ0) is 19.5. The van der Waals surface area contributed by atoms with Crippen molar-refractivity contribution in [2.45, 2.75) is 47.0 Å². The number of unbranched alkanes of at least 4 members (excludes halogenated alkanes) is 1. The number of carbonyl (C=O) groups is 2. The smallest absolute Gasteiger partial charge is 0.339 e. The second kappa shape index (κ2) is 7.72. The van der Waals surface area contributed by atoms with E-state index in [1.54, 1.807) is 25.1 Å². The molecule has 0 atom stereocenters. The number of ether oxygens (including phenoxy) is 1. The van der Waals surface area contributed by atoms with Crippen LogP contribution in [-0.4, -0.2) is 28.4 Å². The van der Waals surface area contributed by atoms with Crippen LogP contribution in [0, 0.1) is 12.3 Å². The van der Waals surface area contributed by atoms with Gasteiger partial charge < -0.3 is 15.6 Å². The molecule has 1 heterocycles. The van der Waals surface area contributed by atoms with Crippen molar-refractivity contribution in [3.63, 3.8) is 0 Å². The number of hydrogen-bond acceptors (Lipinski definition) is 5. The fourth-order valence-corrected chi connectivity index (χ4v) is 2.84. The molecule has 6 nitrogen and oxygen atoms in total. The summed E-state index contributed by atoms with van der Waals surface area (Å²) < 4.78 is 5.91. The molecule has 0 saturated heterocycles. The van der Waals surface area contributed by atoms with E-state index in [0.717, 1.165) is 12.8 Å². The Hall–Kier alpha value is -2.63. The Labute approximate surface area is 153 Å². The van der Waals surface area contributed by atoms with Crippen LogP contribution in [0.5, 0.6) is 5.75 Å². The minimum absolute atomic E-state index is 0.0215. The molecule has 0 fully saturated rings. The van der Waals surface area contributed by atoms with Gasteiger partial charge in [0, 0.05) is 6.42 Å². The number of rotatable bonds is 8. The van der Waals surface area contributed by atoms with E-state index in [2.05, 4.69) is 4.98 Å². The number of aryl methyl sites for hydroxylation is 1. The average molecular weight is 358 g/mol. The first-order chi connectivity index (χ1) is 12.2. The number of carboxylic acid groups (broad SMARTS) is 1. The van der Waals surface area contributed by atoms with Crippen molar-refractivity contribution in [1.82, 2.24) is 4.98 Å². The number of carbonyl (C=O) groups excluding carboxylic acids is 1. The van der Waals surface area contributed by atoms with Gasteiger partial charge in [0.1, 0.15) is 23.7 Å². The lowest BCUT2D eigenvalue weighted by Crippen LogP contribution is -2.31. The molecular formula is C20H26N2O4. The normalized spacial score (nSPS) is 11.5. The lowest BCUT2D eigenvalue weighted by Gasteiger charge is -2.24. The van der Waals surface area contributed by atoms with Crippen molar-refractivity contribution in [2.24, 2.45) is 5.41 Å². The highest BCUT2D eigenvalue weighted by molar-refractivity contribution is 6.06. The van der Waals surface area contributed by atoms with E-state index in [-0.39, 0.29) is 23.6 Å². The summed E-state index contributed by atoms with van der Waals surface area (Å²) in [6.45, 7) is 7.55. The summed E-state index contributed by atoms with van der Waals surface area (Å²) in [5.41, 5.74) is 6.51. The second-order valence-electron chi connectivity index (χ2n) is 7.14. The quantitative estimate of drug-likeness (QED) is 0.740. The van der Waals surface area contributed by atoms with Crippen LogP contribution < -0.4 is 10.5 Å². The molecule has 6 heteroatoms. The number of ketones is 1. The van der Waals surface area contributed by atoms with Crippen LogP contribution in [0.15, 0.2) is 18.2 Å². The Morgan fingerprint density at radius 2 is 2.00 bits per heavy atom. The molecule has 0 unspecified atom stereocenters. The van der Waals surface area contributed by atoms with Gasteiger partial charge in [-0.25, -0.2) is 4.79 Å². The fraction of sp³-hybridized carbons (Fsp3) is 0.450. The Balaban J connectivity index is 2.37. The van der Waals surface area contributed by atoms with Crippen LogP contribution in [0.1, 0.15) is 56.1 Å². The average Bonchev–Trinajstić information content (AvgIpc) is 2.57. The molecule has 140 valence electrons. The van der Waals surface area contributed by atoms with E-state index in [1.165, 1.54) is 0 Å². The third-order valence-electron chi connectivity index (χ3n) is 4.51. The molecule has 2 rings (SSSR count). The van der Waals surface area contributed by atoms with Crippen LogP contribution in [0.25, 0.3) is 10.9 Å². The summed E-state index contributed by atoms with van der Waals surface area (Å²) in [5.74, 6) is -0.543. The first-order valence-electron chi connectivity index (χ1n) is 8.77. The maximum atomic E-state index is 12.4. The summed E-state index contributed by atoms with van der Waals surface area (Å²) in [4.78, 5) is 28.2. The van der Waals surface area contributed by atoms with Gasteiger partial charge in [0.2, 0.25) is 0 Å². The van der Waals surface area contributed by atoms with Gasteiger partial charge in [-0.3, -0.25) is 9.78 Å². The number of hydrogen-bond donors (Lipinski definition) is 2. The number of nitrogens with zero attached hydrogens (tertiary/aromatic N) is 1. The highest BCUT2D eigenvalue weighted by Crippen LogP contribution is 2.34. The second-order valence-corrected chi connectivity index (χ2v) is 7.14. The molecule has 0 aliphatic carbocycles. The molecule has 0 aliphatic rings.